The summed E-state index contributed by atoms with van der Waals surface area (Å²) in [6, 6.07) is 8.21. The van der Waals surface area contributed by atoms with Gasteiger partial charge in [0.05, 0.1) is 19.3 Å². The fourth-order valence-electron chi connectivity index (χ4n) is 8.20. The molecule has 15 heteroatoms. The number of benzene rings is 1. The molecule has 0 fully saturated rings. The van der Waals surface area contributed by atoms with Gasteiger partial charge in [0.1, 0.15) is 23.6 Å². The number of fused-ring (bicyclic) bond motifs is 1. The Labute approximate surface area is 413 Å². The van der Waals surface area contributed by atoms with Crippen LogP contribution in [0.25, 0.3) is 11.0 Å². The van der Waals surface area contributed by atoms with E-state index in [2.05, 4.69) is 36.3 Å². The lowest BCUT2D eigenvalue weighted by Gasteiger charge is -2.27. The van der Waals surface area contributed by atoms with Crippen LogP contribution in [0.1, 0.15) is 212 Å². The Morgan fingerprint density at radius 2 is 1.13 bits per heavy atom. The predicted molar refractivity (Wildman–Crippen MR) is 273 cm³/mol. The number of esters is 2. The molecule has 69 heavy (non-hydrogen) atoms. The van der Waals surface area contributed by atoms with Crippen molar-refractivity contribution in [1.29, 1.82) is 0 Å². The van der Waals surface area contributed by atoms with Gasteiger partial charge in [0.15, 0.2) is 12.2 Å². The lowest BCUT2D eigenvalue weighted by Crippen LogP contribution is -2.41. The van der Waals surface area contributed by atoms with Gasteiger partial charge in [-0.1, -0.05) is 172 Å². The molecule has 1 aromatic carbocycles. The maximum absolute atomic E-state index is 13.5. The van der Waals surface area contributed by atoms with Gasteiger partial charge in [-0.3, -0.25) is 23.2 Å². The second kappa shape index (κ2) is 37.9. The van der Waals surface area contributed by atoms with Gasteiger partial charge in [0.25, 0.3) is 0 Å². The first-order valence-electron chi connectivity index (χ1n) is 26.6. The molecule has 0 aliphatic heterocycles. The van der Waals surface area contributed by atoms with Gasteiger partial charge in [-0.2, -0.15) is 0 Å². The first-order chi connectivity index (χ1) is 33.7. The molecule has 0 unspecified atom stereocenters. The molecular weight excluding hydrogens is 898 g/mol. The molecule has 0 saturated carbocycles. The second-order valence-electron chi connectivity index (χ2n) is 18.4. The summed E-state index contributed by atoms with van der Waals surface area (Å²) in [5.74, 6) is -0.484. The van der Waals surface area contributed by atoms with Gasteiger partial charge < -0.3 is 18.6 Å². The van der Waals surface area contributed by atoms with Gasteiger partial charge in [0, 0.05) is 44.6 Å². The zero-order valence-corrected chi connectivity index (χ0v) is 43.8. The summed E-state index contributed by atoms with van der Waals surface area (Å²) in [6.45, 7) is 4.05. The van der Waals surface area contributed by atoms with E-state index in [0.717, 1.165) is 63.2 Å². The number of carbonyl (C=O) groups is 2. The number of hydrogen-bond donors (Lipinski definition) is 0. The van der Waals surface area contributed by atoms with E-state index in [1.54, 1.807) is 30.5 Å². The number of phosphoric acid groups is 1. The van der Waals surface area contributed by atoms with Crippen LogP contribution in [0.15, 0.2) is 57.9 Å². The summed E-state index contributed by atoms with van der Waals surface area (Å²) in [5, 5.41) is 9.25. The van der Waals surface area contributed by atoms with Crippen molar-refractivity contribution in [3.63, 3.8) is 0 Å². The molecule has 3 rings (SSSR count). The quantitative estimate of drug-likeness (QED) is 0.0173. The lowest BCUT2D eigenvalue weighted by atomic mass is 10.0. The molecule has 0 spiro atoms. The third-order valence-corrected chi connectivity index (χ3v) is 13.7. The van der Waals surface area contributed by atoms with Crippen molar-refractivity contribution < 1.29 is 46.4 Å². The average molecular weight is 986 g/mol. The largest absolute Gasteiger partial charge is 0.487 e. The number of hydrogen-bond acceptors (Lipinski definition) is 13. The topological polar surface area (TPSA) is 168 Å². The van der Waals surface area contributed by atoms with Crippen LogP contribution in [0, 0.1) is 0 Å². The molecule has 2 atom stereocenters. The van der Waals surface area contributed by atoms with Crippen LogP contribution in [0.4, 0.5) is 0 Å². The highest BCUT2D eigenvalue weighted by molar-refractivity contribution is 7.48. The normalized spacial score (nSPS) is 12.8. The number of carbonyl (C=O) groups excluding carboxylic acids is 2. The van der Waals surface area contributed by atoms with Gasteiger partial charge in [0.2, 0.25) is 0 Å². The number of allylic oxidation sites excluding steroid dienone is 2. The van der Waals surface area contributed by atoms with E-state index in [4.69, 9.17) is 32.2 Å². The van der Waals surface area contributed by atoms with E-state index in [1.807, 2.05) is 0 Å². The van der Waals surface area contributed by atoms with E-state index in [-0.39, 0.29) is 26.0 Å². The maximum Gasteiger partial charge on any atom is 0.474 e. The third-order valence-electron chi connectivity index (χ3n) is 12.4. The molecule has 0 saturated heterocycles. The van der Waals surface area contributed by atoms with Crippen molar-refractivity contribution in [3.8, 4) is 5.75 Å². The molecule has 2 aromatic heterocycles. The summed E-state index contributed by atoms with van der Waals surface area (Å²) >= 11 is 0. The van der Waals surface area contributed by atoms with E-state index in [9.17, 15) is 18.9 Å². The molecule has 14 nitrogen and oxygen atoms in total. The minimum Gasteiger partial charge on any atom is -0.487 e. The lowest BCUT2D eigenvalue weighted by molar-refractivity contribution is -0.172. The zero-order valence-electron chi connectivity index (χ0n) is 42.9. The first-order valence-corrected chi connectivity index (χ1v) is 28.1. The highest BCUT2D eigenvalue weighted by Gasteiger charge is 2.34. The summed E-state index contributed by atoms with van der Waals surface area (Å²) in [7, 11) is -1.61. The predicted octanol–water partition coefficient (Wildman–Crippen LogP) is 14.5. The maximum atomic E-state index is 13.5. The second-order valence-corrected chi connectivity index (χ2v) is 20.3. The first kappa shape index (κ1) is 59.5. The number of ether oxygens (including phenoxy) is 3. The summed E-state index contributed by atoms with van der Waals surface area (Å²) < 4.78 is 53.4. The Bertz CT molecular complexity index is 1930. The van der Waals surface area contributed by atoms with E-state index < -0.39 is 44.2 Å². The van der Waals surface area contributed by atoms with Crippen LogP contribution in [-0.4, -0.2) is 60.0 Å². The molecule has 3 aromatic rings. The van der Waals surface area contributed by atoms with Crippen LogP contribution in [0.5, 0.6) is 5.75 Å². The van der Waals surface area contributed by atoms with Gasteiger partial charge >= 0.3 is 25.4 Å². The molecule has 0 N–H and O–H groups in total. The van der Waals surface area contributed by atoms with Crippen molar-refractivity contribution in [1.82, 2.24) is 15.0 Å². The van der Waals surface area contributed by atoms with Crippen molar-refractivity contribution >= 4 is 30.7 Å². The van der Waals surface area contributed by atoms with E-state index in [0.29, 0.717) is 29.9 Å². The fourth-order valence-corrected chi connectivity index (χ4v) is 8.88. The van der Waals surface area contributed by atoms with Crippen molar-refractivity contribution in [2.24, 2.45) is 0 Å². The molecule has 2 heterocycles. The van der Waals surface area contributed by atoms with Crippen LogP contribution < -0.4 is 10.4 Å². The Hall–Kier alpha value is -3.84. The average Bonchev–Trinajstić information content (AvgIpc) is 3.81. The zero-order chi connectivity index (χ0) is 49.6. The monoisotopic (exact) mass is 986 g/mol. The Kier molecular flexibility index (Phi) is 32.7. The summed E-state index contributed by atoms with van der Waals surface area (Å²) in [6.07, 6.45) is 37.3. The smallest absolute Gasteiger partial charge is 0.474 e. The molecular formula is C54H88N3O11P. The van der Waals surface area contributed by atoms with Crippen molar-refractivity contribution in [2.45, 2.75) is 232 Å². The molecule has 0 aliphatic rings. The Morgan fingerprint density at radius 3 is 1.65 bits per heavy atom. The standard InChI is InChI=1S/C54H88N3O11P/c1-5-7-9-11-13-15-17-19-21-23-25-27-29-31-33-35-52(58)67-50(43-57-42-47(55-56-57)44-64-48-39-37-46-38-40-54(60)66-49(46)41-48)51(45-65-69(61,62-3)63-4)68-53(59)36-34-32-30-28-26-24-22-20-18-16-14-12-10-8-6-2/h20,22,37-42,50-51H,5-19,21,23-36,43-45H2,1-4H3/b22-20-/t50-,51-/m0/s1. The third kappa shape index (κ3) is 28.0. The minimum absolute atomic E-state index is 0.0363. The summed E-state index contributed by atoms with van der Waals surface area (Å²) in [5.41, 5.74) is 0.395. The Morgan fingerprint density at radius 1 is 0.652 bits per heavy atom. The molecule has 0 bridgehead atoms. The Balaban J connectivity index is 1.56. The van der Waals surface area contributed by atoms with E-state index in [1.165, 1.54) is 134 Å². The summed E-state index contributed by atoms with van der Waals surface area (Å²) in [4.78, 5) is 38.7. The molecule has 0 aliphatic carbocycles. The van der Waals surface area contributed by atoms with Gasteiger partial charge in [-0.25, -0.2) is 14.0 Å². The van der Waals surface area contributed by atoms with Gasteiger partial charge in [-0.05, 0) is 56.7 Å². The molecule has 390 valence electrons. The highest BCUT2D eigenvalue weighted by atomic mass is 31.2. The number of unbranched alkanes of at least 4 members (excludes halogenated alkanes) is 25. The van der Waals surface area contributed by atoms with Crippen LogP contribution in [0.3, 0.4) is 0 Å². The van der Waals surface area contributed by atoms with Crippen LogP contribution >= 0.6 is 7.82 Å². The van der Waals surface area contributed by atoms with Crippen LogP contribution in [0.2, 0.25) is 0 Å². The molecule has 0 amide bonds. The van der Waals surface area contributed by atoms with E-state index >= 15 is 0 Å². The van der Waals surface area contributed by atoms with Crippen LogP contribution in [-0.2, 0) is 50.4 Å². The number of aromatic nitrogens is 3. The number of nitrogens with zero attached hydrogens (tertiary/aromatic N) is 3. The highest BCUT2D eigenvalue weighted by Crippen LogP contribution is 2.47. The van der Waals surface area contributed by atoms with Gasteiger partial charge in [-0.15, -0.1) is 5.10 Å². The minimum atomic E-state index is -4.00. The van der Waals surface area contributed by atoms with Crippen molar-refractivity contribution in [3.05, 3.63) is 64.8 Å². The molecule has 0 radical (unpaired) electrons. The fraction of sp³-hybridized carbons (Fsp3) is 0.722. The SMILES string of the molecule is CCCCCCCC/C=C\CCCCCCCC(=O)O[C@@H](COP(=O)(OC)OC)[C@H](Cn1cc(COc2ccc3ccc(=O)oc3c2)nn1)OC(=O)CCCCCCCCCCCCCCCCC. The number of rotatable bonds is 44. The van der Waals surface area contributed by atoms with Crippen molar-refractivity contribution in [2.75, 3.05) is 20.8 Å². The number of phosphoric ester groups is 1.